The van der Waals surface area contributed by atoms with Crippen LogP contribution in [0.2, 0.25) is 10.0 Å². The maximum absolute atomic E-state index is 14.3. The van der Waals surface area contributed by atoms with E-state index in [9.17, 15) is 22.8 Å². The van der Waals surface area contributed by atoms with Crippen molar-refractivity contribution in [2.24, 2.45) is 0 Å². The normalized spacial score (nSPS) is 20.9. The molecule has 2 aliphatic rings. The van der Waals surface area contributed by atoms with Crippen LogP contribution in [0.3, 0.4) is 0 Å². The van der Waals surface area contributed by atoms with Crippen LogP contribution in [-0.4, -0.2) is 82.8 Å². The second-order valence-corrected chi connectivity index (χ2v) is 13.5. The number of aromatic nitrogens is 1. The third-order valence-electron chi connectivity index (χ3n) is 7.62. The molecule has 0 aliphatic carbocycles. The van der Waals surface area contributed by atoms with Crippen LogP contribution in [0.4, 0.5) is 4.79 Å². The van der Waals surface area contributed by atoms with Crippen LogP contribution in [0.15, 0.2) is 78.0 Å². The summed E-state index contributed by atoms with van der Waals surface area (Å²) in [5.41, 5.74) is 1.45. The second-order valence-electron chi connectivity index (χ2n) is 10.8. The number of fused-ring (bicyclic) bond motifs is 1. The maximum Gasteiger partial charge on any atom is 0.408 e. The van der Waals surface area contributed by atoms with Crippen molar-refractivity contribution >= 4 is 51.1 Å². The first-order valence-electron chi connectivity index (χ1n) is 13.9. The summed E-state index contributed by atoms with van der Waals surface area (Å²) >= 11 is 12.4. The Morgan fingerprint density at radius 1 is 1.00 bits per heavy atom. The zero-order valence-corrected chi connectivity index (χ0v) is 26.3. The molecule has 1 aromatic heterocycles. The Hall–Kier alpha value is -3.71. The molecule has 0 spiro atoms. The van der Waals surface area contributed by atoms with Gasteiger partial charge in [-0.1, -0.05) is 53.5 Å². The highest BCUT2D eigenvalue weighted by Crippen LogP contribution is 2.35. The summed E-state index contributed by atoms with van der Waals surface area (Å²) < 4.78 is 35.0. The van der Waals surface area contributed by atoms with Gasteiger partial charge in [0.05, 0.1) is 11.6 Å². The van der Waals surface area contributed by atoms with Gasteiger partial charge < -0.3 is 19.9 Å². The van der Waals surface area contributed by atoms with Crippen LogP contribution in [0.1, 0.15) is 25.0 Å². The van der Waals surface area contributed by atoms with E-state index in [0.717, 1.165) is 15.4 Å². The van der Waals surface area contributed by atoms with Crippen LogP contribution in [0.25, 0.3) is 0 Å². The highest BCUT2D eigenvalue weighted by atomic mass is 35.5. The van der Waals surface area contributed by atoms with Crippen LogP contribution >= 0.6 is 23.2 Å². The lowest BCUT2D eigenvalue weighted by Crippen LogP contribution is -2.76. The molecule has 0 saturated carbocycles. The quantitative estimate of drug-likeness (QED) is 0.390. The number of amides is 3. The van der Waals surface area contributed by atoms with Gasteiger partial charge >= 0.3 is 6.09 Å². The number of sulfonamides is 1. The molecule has 3 amide bonds. The van der Waals surface area contributed by atoms with Crippen LogP contribution < -0.4 is 5.32 Å². The predicted molar refractivity (Wildman–Crippen MR) is 163 cm³/mol. The van der Waals surface area contributed by atoms with E-state index >= 15 is 0 Å². The SMILES string of the molecule is CC(C)N1CC2N(C(=O)C(NC(=O)OCc3ccccc3)CN2S(=O)(=O)c2ccc(Cl)cc2Cl)C(Cc2ccncc2)C1=O. The smallest absolute Gasteiger partial charge is 0.408 e. The van der Waals surface area contributed by atoms with Gasteiger partial charge in [0.15, 0.2) is 0 Å². The Balaban J connectivity index is 1.54. The molecule has 3 unspecified atom stereocenters. The largest absolute Gasteiger partial charge is 0.445 e. The Morgan fingerprint density at radius 2 is 1.70 bits per heavy atom. The Bertz CT molecular complexity index is 1640. The van der Waals surface area contributed by atoms with E-state index in [4.69, 9.17) is 27.9 Å². The minimum Gasteiger partial charge on any atom is -0.445 e. The molecular formula is C30H31Cl2N5O6S. The van der Waals surface area contributed by atoms with Crippen molar-refractivity contribution in [1.82, 2.24) is 24.4 Å². The molecule has 3 aromatic rings. The van der Waals surface area contributed by atoms with E-state index in [1.807, 2.05) is 19.9 Å². The molecule has 232 valence electrons. The average Bonchev–Trinajstić information content (AvgIpc) is 2.99. The molecular weight excluding hydrogens is 629 g/mol. The van der Waals surface area contributed by atoms with E-state index in [0.29, 0.717) is 0 Å². The number of piperazine rings is 1. The highest BCUT2D eigenvalue weighted by Gasteiger charge is 2.54. The van der Waals surface area contributed by atoms with Gasteiger partial charge in [0.25, 0.3) is 0 Å². The Labute approximate surface area is 265 Å². The molecule has 0 radical (unpaired) electrons. The fourth-order valence-corrected chi connectivity index (χ4v) is 7.77. The summed E-state index contributed by atoms with van der Waals surface area (Å²) in [6.07, 6.45) is 1.26. The summed E-state index contributed by atoms with van der Waals surface area (Å²) in [5.74, 6) is -0.938. The zero-order chi connectivity index (χ0) is 31.6. The number of benzene rings is 2. The molecule has 3 atom stereocenters. The summed E-state index contributed by atoms with van der Waals surface area (Å²) in [5, 5.41) is 2.68. The topological polar surface area (TPSA) is 129 Å². The zero-order valence-electron chi connectivity index (χ0n) is 24.0. The summed E-state index contributed by atoms with van der Waals surface area (Å²) in [6, 6.07) is 13.7. The molecule has 2 aliphatic heterocycles. The van der Waals surface area contributed by atoms with Gasteiger partial charge in [-0.05, 0) is 55.3 Å². The van der Waals surface area contributed by atoms with Gasteiger partial charge in [0.2, 0.25) is 21.8 Å². The monoisotopic (exact) mass is 659 g/mol. The van der Waals surface area contributed by atoms with Gasteiger partial charge in [-0.25, -0.2) is 13.2 Å². The number of nitrogens with one attached hydrogen (secondary N) is 1. The maximum atomic E-state index is 14.3. The molecule has 3 heterocycles. The van der Waals surface area contributed by atoms with E-state index in [-0.39, 0.29) is 46.5 Å². The van der Waals surface area contributed by atoms with Gasteiger partial charge in [-0.2, -0.15) is 4.31 Å². The van der Waals surface area contributed by atoms with Crippen molar-refractivity contribution in [2.75, 3.05) is 13.1 Å². The van der Waals surface area contributed by atoms with Crippen molar-refractivity contribution in [2.45, 2.75) is 56.1 Å². The second kappa shape index (κ2) is 13.1. The predicted octanol–water partition coefficient (Wildman–Crippen LogP) is 3.70. The van der Waals surface area contributed by atoms with Gasteiger partial charge in [0.1, 0.15) is 29.8 Å². The van der Waals surface area contributed by atoms with Crippen LogP contribution in [-0.2, 0) is 37.4 Å². The Kier molecular flexibility index (Phi) is 9.45. The van der Waals surface area contributed by atoms with E-state index in [1.54, 1.807) is 53.7 Å². The van der Waals surface area contributed by atoms with Crippen molar-refractivity contribution in [3.8, 4) is 0 Å². The number of hydrogen-bond donors (Lipinski definition) is 1. The molecule has 2 aromatic carbocycles. The van der Waals surface area contributed by atoms with Crippen LogP contribution in [0.5, 0.6) is 0 Å². The number of carbonyl (C=O) groups is 3. The molecule has 0 bridgehead atoms. The number of rotatable bonds is 8. The van der Waals surface area contributed by atoms with Crippen molar-refractivity contribution < 1.29 is 27.5 Å². The lowest BCUT2D eigenvalue weighted by atomic mass is 9.97. The van der Waals surface area contributed by atoms with Crippen molar-refractivity contribution in [3.05, 3.63) is 94.2 Å². The third kappa shape index (κ3) is 6.53. The van der Waals surface area contributed by atoms with Gasteiger partial charge in [-0.3, -0.25) is 14.6 Å². The number of halogens is 2. The fraction of sp³-hybridized carbons (Fsp3) is 0.333. The fourth-order valence-electron chi connectivity index (χ4n) is 5.44. The lowest BCUT2D eigenvalue weighted by Gasteiger charge is -2.54. The van der Waals surface area contributed by atoms with Crippen molar-refractivity contribution in [3.63, 3.8) is 0 Å². The number of alkyl carbamates (subject to hydrolysis) is 1. The number of hydrogen-bond acceptors (Lipinski definition) is 7. The van der Waals surface area contributed by atoms with Crippen LogP contribution in [0, 0.1) is 0 Å². The molecule has 5 rings (SSSR count). The third-order valence-corrected chi connectivity index (χ3v) is 10.2. The van der Waals surface area contributed by atoms with Gasteiger partial charge in [0, 0.05) is 36.4 Å². The van der Waals surface area contributed by atoms with E-state index < -0.39 is 46.8 Å². The average molecular weight is 661 g/mol. The first-order chi connectivity index (χ1) is 21.0. The highest BCUT2D eigenvalue weighted by molar-refractivity contribution is 7.89. The van der Waals surface area contributed by atoms with Crippen molar-refractivity contribution in [1.29, 1.82) is 0 Å². The number of nitrogens with zero attached hydrogens (tertiary/aromatic N) is 4. The molecule has 44 heavy (non-hydrogen) atoms. The number of ether oxygens (including phenoxy) is 1. The first-order valence-corrected chi connectivity index (χ1v) is 16.1. The van der Waals surface area contributed by atoms with Gasteiger partial charge in [-0.15, -0.1) is 0 Å². The molecule has 14 heteroatoms. The molecule has 11 nitrogen and oxygen atoms in total. The molecule has 1 N–H and O–H groups in total. The molecule has 2 saturated heterocycles. The number of pyridine rings is 1. The van der Waals surface area contributed by atoms with E-state index in [2.05, 4.69) is 10.3 Å². The number of carbonyl (C=O) groups excluding carboxylic acids is 3. The van der Waals surface area contributed by atoms with E-state index in [1.165, 1.54) is 23.1 Å². The first kappa shape index (κ1) is 31.7. The summed E-state index contributed by atoms with van der Waals surface area (Å²) in [6.45, 7) is 3.09. The summed E-state index contributed by atoms with van der Waals surface area (Å²) in [7, 11) is -4.38. The minimum absolute atomic E-state index is 0.0607. The Morgan fingerprint density at radius 3 is 2.36 bits per heavy atom. The lowest BCUT2D eigenvalue weighted by molar-refractivity contribution is -0.168. The molecule has 2 fully saturated rings. The standard InChI is InChI=1S/C30H31Cl2N5O6S/c1-19(2)35-17-27-36(44(41,42)26-9-8-22(31)15-23(26)32)16-24(34-30(40)43-18-21-6-4-3-5-7-21)28(38)37(27)25(29(35)39)14-20-10-12-33-13-11-20/h3-13,15,19,24-25,27H,14,16-18H2,1-2H3,(H,34,40). The summed E-state index contributed by atoms with van der Waals surface area (Å²) in [4.78, 5) is 47.5. The minimum atomic E-state index is -4.38.